The molecule has 5 heteroatoms. The van der Waals surface area contributed by atoms with Gasteiger partial charge in [-0.1, -0.05) is 11.6 Å². The van der Waals surface area contributed by atoms with Crippen LogP contribution in [0.5, 0.6) is 0 Å². The Morgan fingerprint density at radius 1 is 1.32 bits per heavy atom. The summed E-state index contributed by atoms with van der Waals surface area (Å²) in [5, 5.41) is 1.17. The maximum absolute atomic E-state index is 12.0. The molecule has 0 bridgehead atoms. The van der Waals surface area contributed by atoms with Crippen LogP contribution in [-0.4, -0.2) is 22.5 Å². The fraction of sp³-hybridized carbons (Fsp3) is 0.357. The van der Waals surface area contributed by atoms with Crippen LogP contribution >= 0.6 is 11.6 Å². The van der Waals surface area contributed by atoms with Crippen molar-refractivity contribution in [3.05, 3.63) is 33.7 Å². The van der Waals surface area contributed by atoms with Gasteiger partial charge in [-0.2, -0.15) is 0 Å². The number of ether oxygens (including phenoxy) is 1. The van der Waals surface area contributed by atoms with E-state index in [1.807, 2.05) is 19.9 Å². The van der Waals surface area contributed by atoms with Crippen molar-refractivity contribution in [2.45, 2.75) is 27.7 Å². The molecule has 0 aliphatic heterocycles. The summed E-state index contributed by atoms with van der Waals surface area (Å²) in [7, 11) is 0. The summed E-state index contributed by atoms with van der Waals surface area (Å²) in [5.41, 5.74) is 2.85. The van der Waals surface area contributed by atoms with E-state index < -0.39 is 0 Å². The van der Waals surface area contributed by atoms with E-state index in [2.05, 4.69) is 9.97 Å². The highest BCUT2D eigenvalue weighted by Gasteiger charge is 2.18. The minimum atomic E-state index is -0.327. The third-order valence-corrected chi connectivity index (χ3v) is 3.26. The van der Waals surface area contributed by atoms with Gasteiger partial charge in [-0.15, -0.1) is 0 Å². The highest BCUT2D eigenvalue weighted by atomic mass is 35.5. The second-order valence-corrected chi connectivity index (χ2v) is 4.73. The zero-order chi connectivity index (χ0) is 14.2. The van der Waals surface area contributed by atoms with Crippen molar-refractivity contribution < 1.29 is 9.53 Å². The monoisotopic (exact) mass is 278 g/mol. The Morgan fingerprint density at radius 3 is 2.63 bits per heavy atom. The Hall–Kier alpha value is -1.68. The SMILES string of the molecule is CCOC(=O)c1c(C)cc2c(Cl)nc(C)nc2c1C. The number of aromatic nitrogens is 2. The van der Waals surface area contributed by atoms with Crippen molar-refractivity contribution in [3.63, 3.8) is 0 Å². The molecule has 1 aromatic heterocycles. The zero-order valence-corrected chi connectivity index (χ0v) is 12.1. The van der Waals surface area contributed by atoms with Gasteiger partial charge < -0.3 is 4.74 Å². The lowest BCUT2D eigenvalue weighted by Crippen LogP contribution is -2.10. The smallest absolute Gasteiger partial charge is 0.338 e. The largest absolute Gasteiger partial charge is 0.462 e. The number of nitrogens with zero attached hydrogens (tertiary/aromatic N) is 2. The van der Waals surface area contributed by atoms with E-state index in [-0.39, 0.29) is 5.97 Å². The molecule has 4 nitrogen and oxygen atoms in total. The van der Waals surface area contributed by atoms with Crippen LogP contribution in [-0.2, 0) is 4.74 Å². The molecule has 0 fully saturated rings. The third-order valence-electron chi connectivity index (χ3n) is 2.98. The number of hydrogen-bond donors (Lipinski definition) is 0. The molecule has 2 rings (SSSR count). The molecule has 1 heterocycles. The fourth-order valence-corrected chi connectivity index (χ4v) is 2.45. The minimum absolute atomic E-state index is 0.327. The van der Waals surface area contributed by atoms with Crippen molar-refractivity contribution >= 4 is 28.5 Å². The molecule has 0 radical (unpaired) electrons. The lowest BCUT2D eigenvalue weighted by atomic mass is 9.99. The molecule has 0 atom stereocenters. The molecule has 0 unspecified atom stereocenters. The maximum Gasteiger partial charge on any atom is 0.338 e. The van der Waals surface area contributed by atoms with Crippen molar-refractivity contribution in [2.75, 3.05) is 6.61 Å². The van der Waals surface area contributed by atoms with Crippen LogP contribution in [0, 0.1) is 20.8 Å². The summed E-state index contributed by atoms with van der Waals surface area (Å²) >= 11 is 6.13. The first kappa shape index (κ1) is 13.7. The van der Waals surface area contributed by atoms with Crippen LogP contribution < -0.4 is 0 Å². The van der Waals surface area contributed by atoms with E-state index in [9.17, 15) is 4.79 Å². The lowest BCUT2D eigenvalue weighted by Gasteiger charge is -2.12. The van der Waals surface area contributed by atoms with Crippen molar-refractivity contribution in [3.8, 4) is 0 Å². The zero-order valence-electron chi connectivity index (χ0n) is 11.4. The molecule has 0 saturated carbocycles. The van der Waals surface area contributed by atoms with Gasteiger partial charge in [0.25, 0.3) is 0 Å². The van der Waals surface area contributed by atoms with Gasteiger partial charge in [0.15, 0.2) is 0 Å². The van der Waals surface area contributed by atoms with E-state index >= 15 is 0 Å². The molecule has 19 heavy (non-hydrogen) atoms. The summed E-state index contributed by atoms with van der Waals surface area (Å²) in [6.45, 7) is 7.61. The van der Waals surface area contributed by atoms with Gasteiger partial charge >= 0.3 is 5.97 Å². The number of benzene rings is 1. The molecular formula is C14H15ClN2O2. The molecule has 100 valence electrons. The molecule has 0 aliphatic rings. The first-order valence-electron chi connectivity index (χ1n) is 6.06. The first-order valence-corrected chi connectivity index (χ1v) is 6.44. The maximum atomic E-state index is 12.0. The quantitative estimate of drug-likeness (QED) is 0.624. The van der Waals surface area contributed by atoms with Crippen LogP contribution in [0.4, 0.5) is 0 Å². The van der Waals surface area contributed by atoms with Gasteiger partial charge in [0.1, 0.15) is 11.0 Å². The van der Waals surface area contributed by atoms with Gasteiger partial charge in [0, 0.05) is 5.39 Å². The Bertz CT molecular complexity index is 668. The fourth-order valence-electron chi connectivity index (χ4n) is 2.18. The normalized spacial score (nSPS) is 10.8. The van der Waals surface area contributed by atoms with E-state index in [1.165, 1.54) is 0 Å². The Balaban J connectivity index is 2.78. The molecular weight excluding hydrogens is 264 g/mol. The number of fused-ring (bicyclic) bond motifs is 1. The van der Waals surface area contributed by atoms with E-state index in [0.717, 1.165) is 16.5 Å². The number of rotatable bonds is 2. The number of esters is 1. The topological polar surface area (TPSA) is 52.1 Å². The van der Waals surface area contributed by atoms with Gasteiger partial charge in [-0.25, -0.2) is 14.8 Å². The molecule has 1 aromatic carbocycles. The van der Waals surface area contributed by atoms with E-state index in [4.69, 9.17) is 16.3 Å². The standard InChI is InChI=1S/C14H15ClN2O2/c1-5-19-14(18)11-7(2)6-10-12(8(11)3)16-9(4)17-13(10)15/h6H,5H2,1-4H3. The number of halogens is 1. The number of aryl methyl sites for hydroxylation is 3. The highest BCUT2D eigenvalue weighted by molar-refractivity contribution is 6.34. The van der Waals surface area contributed by atoms with Crippen molar-refractivity contribution in [1.29, 1.82) is 0 Å². The van der Waals surface area contributed by atoms with Crippen molar-refractivity contribution in [1.82, 2.24) is 9.97 Å². The van der Waals surface area contributed by atoms with Gasteiger partial charge in [0.05, 0.1) is 17.7 Å². The van der Waals surface area contributed by atoms with Gasteiger partial charge in [-0.05, 0) is 44.9 Å². The predicted octanol–water partition coefficient (Wildman–Crippen LogP) is 3.39. The average Bonchev–Trinajstić information content (AvgIpc) is 2.31. The lowest BCUT2D eigenvalue weighted by molar-refractivity contribution is 0.0525. The summed E-state index contributed by atoms with van der Waals surface area (Å²) in [6.07, 6.45) is 0. The Kier molecular flexibility index (Phi) is 3.71. The second kappa shape index (κ2) is 5.13. The van der Waals surface area contributed by atoms with Crippen LogP contribution in [0.1, 0.15) is 34.2 Å². The van der Waals surface area contributed by atoms with E-state index in [0.29, 0.717) is 28.7 Å². The third kappa shape index (κ3) is 2.40. The molecule has 0 spiro atoms. The van der Waals surface area contributed by atoms with Crippen molar-refractivity contribution in [2.24, 2.45) is 0 Å². The van der Waals surface area contributed by atoms with Crippen LogP contribution in [0.3, 0.4) is 0 Å². The van der Waals surface area contributed by atoms with Crippen LogP contribution in [0.25, 0.3) is 10.9 Å². The van der Waals surface area contributed by atoms with E-state index in [1.54, 1.807) is 13.8 Å². The van der Waals surface area contributed by atoms with Crippen LogP contribution in [0.2, 0.25) is 5.15 Å². The molecule has 0 amide bonds. The molecule has 0 N–H and O–H groups in total. The summed E-state index contributed by atoms with van der Waals surface area (Å²) in [5.74, 6) is 0.256. The molecule has 0 aliphatic carbocycles. The predicted molar refractivity (Wildman–Crippen MR) is 74.7 cm³/mol. The van der Waals surface area contributed by atoms with Gasteiger partial charge in [-0.3, -0.25) is 0 Å². The number of carbonyl (C=O) groups excluding carboxylic acids is 1. The summed E-state index contributed by atoms with van der Waals surface area (Å²) in [4.78, 5) is 20.5. The second-order valence-electron chi connectivity index (χ2n) is 4.37. The average molecular weight is 279 g/mol. The number of hydrogen-bond acceptors (Lipinski definition) is 4. The minimum Gasteiger partial charge on any atom is -0.462 e. The first-order chi connectivity index (χ1) is 8.95. The Labute approximate surface area is 116 Å². The highest BCUT2D eigenvalue weighted by Crippen LogP contribution is 2.28. The van der Waals surface area contributed by atoms with Gasteiger partial charge in [0.2, 0.25) is 0 Å². The molecule has 0 saturated heterocycles. The Morgan fingerprint density at radius 2 is 2.00 bits per heavy atom. The molecule has 2 aromatic rings. The van der Waals surface area contributed by atoms with Crippen LogP contribution in [0.15, 0.2) is 6.07 Å². The summed E-state index contributed by atoms with van der Waals surface area (Å²) in [6, 6.07) is 1.83. The summed E-state index contributed by atoms with van der Waals surface area (Å²) < 4.78 is 5.08. The number of carbonyl (C=O) groups is 1.